The van der Waals surface area contributed by atoms with E-state index in [1.807, 2.05) is 32.9 Å². The first-order chi connectivity index (χ1) is 9.43. The summed E-state index contributed by atoms with van der Waals surface area (Å²) in [6.07, 6.45) is 0.982. The normalized spacial score (nSPS) is 20.4. The maximum absolute atomic E-state index is 12.3. The van der Waals surface area contributed by atoms with Crippen LogP contribution in [0.15, 0.2) is 18.2 Å². The van der Waals surface area contributed by atoms with E-state index in [0.29, 0.717) is 5.02 Å². The number of carbonyl (C=O) groups is 2. The lowest BCUT2D eigenvalue weighted by atomic mass is 10.1. The van der Waals surface area contributed by atoms with Crippen LogP contribution in [0.1, 0.15) is 32.3 Å². The van der Waals surface area contributed by atoms with Gasteiger partial charge in [-0.3, -0.25) is 14.5 Å². The van der Waals surface area contributed by atoms with Crippen molar-refractivity contribution in [3.8, 4) is 0 Å². The predicted molar refractivity (Wildman–Crippen MR) is 79.8 cm³/mol. The summed E-state index contributed by atoms with van der Waals surface area (Å²) in [5.41, 5.74) is 1.80. The largest absolute Gasteiger partial charge is 0.373 e. The lowest BCUT2D eigenvalue weighted by molar-refractivity contribution is -0.140. The highest BCUT2D eigenvalue weighted by atomic mass is 35.5. The fraction of sp³-hybridized carbons (Fsp3) is 0.467. The molecule has 1 N–H and O–H groups in total. The molecule has 0 aromatic heterocycles. The zero-order valence-electron chi connectivity index (χ0n) is 11.9. The molecule has 0 aliphatic carbocycles. The molecule has 4 nitrogen and oxygen atoms in total. The van der Waals surface area contributed by atoms with Crippen LogP contribution in [0.4, 0.5) is 5.69 Å². The molecular formula is C15H19ClN2O2. The molecule has 2 rings (SSSR count). The van der Waals surface area contributed by atoms with Crippen molar-refractivity contribution in [3.05, 3.63) is 28.8 Å². The summed E-state index contributed by atoms with van der Waals surface area (Å²) in [7, 11) is 0. The summed E-state index contributed by atoms with van der Waals surface area (Å²) < 4.78 is 0. The van der Waals surface area contributed by atoms with Gasteiger partial charge in [0, 0.05) is 16.8 Å². The lowest BCUT2D eigenvalue weighted by Crippen LogP contribution is -2.40. The van der Waals surface area contributed by atoms with Crippen LogP contribution in [0.2, 0.25) is 5.02 Å². The van der Waals surface area contributed by atoms with Crippen molar-refractivity contribution >= 4 is 29.1 Å². The van der Waals surface area contributed by atoms with E-state index in [2.05, 4.69) is 5.32 Å². The van der Waals surface area contributed by atoms with Gasteiger partial charge in [0.05, 0.1) is 6.42 Å². The molecule has 0 saturated carbocycles. The Balaban J connectivity index is 2.15. The number of rotatable bonds is 4. The average Bonchev–Trinajstić information content (AvgIpc) is 2.67. The van der Waals surface area contributed by atoms with Gasteiger partial charge in [-0.05, 0) is 44.0 Å². The first-order valence-electron chi connectivity index (χ1n) is 6.82. The third-order valence-corrected chi connectivity index (χ3v) is 3.97. The molecule has 5 heteroatoms. The maximum atomic E-state index is 12.3. The Morgan fingerprint density at radius 2 is 2.15 bits per heavy atom. The first-order valence-corrected chi connectivity index (χ1v) is 7.20. The van der Waals surface area contributed by atoms with Crippen LogP contribution < -0.4 is 5.32 Å². The van der Waals surface area contributed by atoms with E-state index < -0.39 is 6.04 Å². The molecule has 0 bridgehead atoms. The molecule has 1 fully saturated rings. The van der Waals surface area contributed by atoms with Crippen molar-refractivity contribution in [2.45, 2.75) is 45.7 Å². The molecule has 20 heavy (non-hydrogen) atoms. The van der Waals surface area contributed by atoms with E-state index in [-0.39, 0.29) is 24.3 Å². The quantitative estimate of drug-likeness (QED) is 0.869. The second-order valence-electron chi connectivity index (χ2n) is 5.22. The Labute approximate surface area is 124 Å². The topological polar surface area (TPSA) is 49.4 Å². The molecule has 1 heterocycles. The standard InChI is InChI=1S/C15H19ClN2O2/c1-4-10(3)18-14(19)8-13(15(18)20)17-12-6-5-11(16)7-9(12)2/h5-7,10,13,17H,4,8H2,1-3H3. The van der Waals surface area contributed by atoms with Crippen molar-refractivity contribution in [3.63, 3.8) is 0 Å². The summed E-state index contributed by atoms with van der Waals surface area (Å²) in [5, 5.41) is 3.81. The fourth-order valence-corrected chi connectivity index (χ4v) is 2.61. The lowest BCUT2D eigenvalue weighted by Gasteiger charge is -2.22. The van der Waals surface area contributed by atoms with Crippen molar-refractivity contribution in [1.29, 1.82) is 0 Å². The van der Waals surface area contributed by atoms with Crippen LogP contribution in [-0.4, -0.2) is 28.8 Å². The highest BCUT2D eigenvalue weighted by Crippen LogP contribution is 2.25. The fourth-order valence-electron chi connectivity index (χ4n) is 2.39. The zero-order chi connectivity index (χ0) is 14.9. The number of benzene rings is 1. The molecule has 0 spiro atoms. The summed E-state index contributed by atoms with van der Waals surface area (Å²) in [6.45, 7) is 5.78. The van der Waals surface area contributed by atoms with E-state index >= 15 is 0 Å². The van der Waals surface area contributed by atoms with Gasteiger partial charge in [-0.25, -0.2) is 0 Å². The summed E-state index contributed by atoms with van der Waals surface area (Å²) in [5.74, 6) is -0.243. The number of halogens is 1. The Kier molecular flexibility index (Phi) is 4.33. The summed E-state index contributed by atoms with van der Waals surface area (Å²) >= 11 is 5.91. The summed E-state index contributed by atoms with van der Waals surface area (Å²) in [6, 6.07) is 4.91. The number of hydrogen-bond acceptors (Lipinski definition) is 3. The number of likely N-dealkylation sites (tertiary alicyclic amines) is 1. The second kappa shape index (κ2) is 5.83. The Hall–Kier alpha value is -1.55. The number of nitrogens with one attached hydrogen (secondary N) is 1. The van der Waals surface area contributed by atoms with Gasteiger partial charge in [-0.1, -0.05) is 18.5 Å². The maximum Gasteiger partial charge on any atom is 0.252 e. The van der Waals surface area contributed by atoms with Crippen LogP contribution >= 0.6 is 11.6 Å². The average molecular weight is 295 g/mol. The van der Waals surface area contributed by atoms with E-state index in [1.165, 1.54) is 4.90 Å². The number of aryl methyl sites for hydroxylation is 1. The van der Waals surface area contributed by atoms with Crippen LogP contribution in [0.5, 0.6) is 0 Å². The summed E-state index contributed by atoms with van der Waals surface area (Å²) in [4.78, 5) is 25.7. The molecular weight excluding hydrogens is 276 g/mol. The van der Waals surface area contributed by atoms with E-state index in [4.69, 9.17) is 11.6 Å². The first kappa shape index (κ1) is 14.9. The van der Waals surface area contributed by atoms with Crippen LogP contribution in [0.3, 0.4) is 0 Å². The molecule has 1 aromatic carbocycles. The van der Waals surface area contributed by atoms with E-state index in [9.17, 15) is 9.59 Å². The minimum absolute atomic E-state index is 0.0480. The van der Waals surface area contributed by atoms with Crippen molar-refractivity contribution in [2.75, 3.05) is 5.32 Å². The van der Waals surface area contributed by atoms with Crippen LogP contribution in [0, 0.1) is 6.92 Å². The van der Waals surface area contributed by atoms with Gasteiger partial charge in [0.1, 0.15) is 6.04 Å². The second-order valence-corrected chi connectivity index (χ2v) is 5.66. The molecule has 1 aliphatic rings. The Morgan fingerprint density at radius 1 is 1.45 bits per heavy atom. The van der Waals surface area contributed by atoms with Crippen LogP contribution in [-0.2, 0) is 9.59 Å². The minimum Gasteiger partial charge on any atom is -0.373 e. The van der Waals surface area contributed by atoms with Gasteiger partial charge in [0.2, 0.25) is 5.91 Å². The van der Waals surface area contributed by atoms with E-state index in [0.717, 1.165) is 17.7 Å². The molecule has 2 unspecified atom stereocenters. The molecule has 1 saturated heterocycles. The number of imide groups is 1. The highest BCUT2D eigenvalue weighted by Gasteiger charge is 2.40. The predicted octanol–water partition coefficient (Wildman–Crippen LogP) is 2.99. The number of carbonyl (C=O) groups excluding carboxylic acids is 2. The van der Waals surface area contributed by atoms with Gasteiger partial charge in [0.15, 0.2) is 0 Å². The van der Waals surface area contributed by atoms with Crippen molar-refractivity contribution in [1.82, 2.24) is 4.90 Å². The molecule has 0 radical (unpaired) electrons. The number of nitrogens with zero attached hydrogens (tertiary/aromatic N) is 1. The smallest absolute Gasteiger partial charge is 0.252 e. The molecule has 108 valence electrons. The number of amides is 2. The van der Waals surface area contributed by atoms with Crippen molar-refractivity contribution < 1.29 is 9.59 Å². The highest BCUT2D eigenvalue weighted by molar-refractivity contribution is 6.30. The van der Waals surface area contributed by atoms with E-state index in [1.54, 1.807) is 6.07 Å². The number of hydrogen-bond donors (Lipinski definition) is 1. The number of anilines is 1. The SMILES string of the molecule is CCC(C)N1C(=O)CC(Nc2ccc(Cl)cc2C)C1=O. The zero-order valence-corrected chi connectivity index (χ0v) is 12.7. The Morgan fingerprint density at radius 3 is 2.75 bits per heavy atom. The van der Waals surface area contributed by atoms with Gasteiger partial charge in [-0.2, -0.15) is 0 Å². The molecule has 1 aliphatic heterocycles. The molecule has 2 amide bonds. The Bertz CT molecular complexity index is 545. The third-order valence-electron chi connectivity index (χ3n) is 3.73. The van der Waals surface area contributed by atoms with Gasteiger partial charge < -0.3 is 5.32 Å². The van der Waals surface area contributed by atoms with Gasteiger partial charge >= 0.3 is 0 Å². The van der Waals surface area contributed by atoms with Crippen molar-refractivity contribution in [2.24, 2.45) is 0 Å². The van der Waals surface area contributed by atoms with Gasteiger partial charge in [0.25, 0.3) is 5.91 Å². The molecule has 2 atom stereocenters. The molecule has 1 aromatic rings. The van der Waals surface area contributed by atoms with Crippen LogP contribution in [0.25, 0.3) is 0 Å². The monoisotopic (exact) mass is 294 g/mol. The minimum atomic E-state index is -0.476. The van der Waals surface area contributed by atoms with Gasteiger partial charge in [-0.15, -0.1) is 0 Å². The third kappa shape index (κ3) is 2.80.